The van der Waals surface area contributed by atoms with Crippen molar-refractivity contribution in [3.05, 3.63) is 88.7 Å². The summed E-state index contributed by atoms with van der Waals surface area (Å²) >= 11 is 5.10. The van der Waals surface area contributed by atoms with Crippen LogP contribution in [0.2, 0.25) is 0 Å². The number of phenols is 1. The normalized spacial score (nSPS) is 22.0. The minimum Gasteiger partial charge on any atom is -0.508 e. The number of hydrogen-bond acceptors (Lipinski definition) is 6. The third-order valence-corrected chi connectivity index (χ3v) is 5.40. The van der Waals surface area contributed by atoms with E-state index in [2.05, 4.69) is 5.32 Å². The smallest absolute Gasteiger partial charge is 0.340 e. The summed E-state index contributed by atoms with van der Waals surface area (Å²) in [4.78, 5) is 13.6. The molecular weight excluding hydrogens is 426 g/mol. The van der Waals surface area contributed by atoms with Gasteiger partial charge in [-0.15, -0.1) is 0 Å². The Hall–Kier alpha value is -3.42. The number of esters is 1. The Balaban J connectivity index is 0.00000119. The molecule has 0 amide bonds. The number of aliphatic hydroxyl groups excluding tert-OH is 1. The van der Waals surface area contributed by atoms with E-state index in [1.54, 1.807) is 43.4 Å². The number of benzene rings is 2. The van der Waals surface area contributed by atoms with Crippen molar-refractivity contribution in [2.24, 2.45) is 0 Å². The molecular formula is C25H23NO5S. The molecule has 7 heteroatoms. The highest BCUT2D eigenvalue weighted by molar-refractivity contribution is 7.80. The number of ether oxygens (including phenoxy) is 2. The largest absolute Gasteiger partial charge is 0.508 e. The fourth-order valence-electron chi connectivity index (χ4n) is 4.10. The van der Waals surface area contributed by atoms with Gasteiger partial charge in [-0.2, -0.15) is 0 Å². The molecule has 0 radical (unpaired) electrons. The van der Waals surface area contributed by atoms with Crippen molar-refractivity contribution < 1.29 is 24.5 Å². The second-order valence-electron chi connectivity index (χ2n) is 7.28. The molecule has 2 heterocycles. The van der Waals surface area contributed by atoms with Gasteiger partial charge >= 0.3 is 5.97 Å². The SMILES string of the molecule is CC.CC(=S)Nc1ccc2c(c1)C(=O)OC21C2=C(C=CC(O)C=C2)Oc2cc(O)ccc21. The molecule has 0 saturated carbocycles. The summed E-state index contributed by atoms with van der Waals surface area (Å²) < 4.78 is 12.1. The molecule has 2 atom stereocenters. The van der Waals surface area contributed by atoms with Crippen LogP contribution in [0.5, 0.6) is 11.5 Å². The van der Waals surface area contributed by atoms with Gasteiger partial charge in [0.2, 0.25) is 0 Å². The van der Waals surface area contributed by atoms with E-state index in [0.717, 1.165) is 0 Å². The average molecular weight is 450 g/mol. The predicted molar refractivity (Wildman–Crippen MR) is 126 cm³/mol. The van der Waals surface area contributed by atoms with E-state index in [1.165, 1.54) is 12.1 Å². The second kappa shape index (κ2) is 8.26. The number of phenolic OH excluding ortho intramolecular Hbond substituents is 1. The number of nitrogens with one attached hydrogen (secondary N) is 1. The Morgan fingerprint density at radius 3 is 2.56 bits per heavy atom. The maximum Gasteiger partial charge on any atom is 0.340 e. The standard InChI is InChI=1S/C23H17NO5S.C2H6/c1-12(30)24-13-2-6-17-16(10-13)22(27)29-23(17)18-7-3-14(25)5-9-20(18)28-21-11-15(26)4-8-19(21)23;1-2/h2-11,14,25-26H,1H3,(H,24,30);1-2H3. The number of allylic oxidation sites excluding steroid dienone is 1. The van der Waals surface area contributed by atoms with E-state index >= 15 is 0 Å². The molecule has 0 aromatic heterocycles. The first-order valence-corrected chi connectivity index (χ1v) is 10.8. The fourth-order valence-corrected chi connectivity index (χ4v) is 4.21. The maximum absolute atomic E-state index is 13.0. The van der Waals surface area contributed by atoms with Gasteiger partial charge in [-0.1, -0.05) is 44.3 Å². The summed E-state index contributed by atoms with van der Waals surface area (Å²) in [7, 11) is 0. The Labute approximate surface area is 191 Å². The third-order valence-electron chi connectivity index (χ3n) is 5.30. The minimum atomic E-state index is -1.26. The van der Waals surface area contributed by atoms with E-state index in [1.807, 2.05) is 26.0 Å². The highest BCUT2D eigenvalue weighted by Crippen LogP contribution is 2.55. The van der Waals surface area contributed by atoms with Crippen molar-refractivity contribution in [3.8, 4) is 11.5 Å². The van der Waals surface area contributed by atoms with Gasteiger partial charge in [0.15, 0.2) is 5.60 Å². The summed E-state index contributed by atoms with van der Waals surface area (Å²) in [5.74, 6) is 0.353. The van der Waals surface area contributed by atoms with Crippen LogP contribution < -0.4 is 10.1 Å². The first kappa shape index (κ1) is 21.8. The minimum absolute atomic E-state index is 0.0293. The number of anilines is 1. The molecule has 2 unspecified atom stereocenters. The molecule has 1 spiro atoms. The number of carbonyl (C=O) groups is 1. The lowest BCUT2D eigenvalue weighted by atomic mass is 9.77. The van der Waals surface area contributed by atoms with Gasteiger partial charge in [0.25, 0.3) is 0 Å². The number of carbonyl (C=O) groups excluding carboxylic acids is 1. The number of aliphatic hydroxyl groups is 1. The van der Waals surface area contributed by atoms with Gasteiger partial charge < -0.3 is 25.0 Å². The Morgan fingerprint density at radius 2 is 1.81 bits per heavy atom. The molecule has 0 bridgehead atoms. The van der Waals surface area contributed by atoms with Crippen molar-refractivity contribution in [1.29, 1.82) is 0 Å². The molecule has 3 N–H and O–H groups in total. The van der Waals surface area contributed by atoms with Crippen LogP contribution in [0.25, 0.3) is 0 Å². The zero-order chi connectivity index (χ0) is 23.0. The molecule has 32 heavy (non-hydrogen) atoms. The lowest BCUT2D eigenvalue weighted by molar-refractivity contribution is 0.0217. The summed E-state index contributed by atoms with van der Waals surface area (Å²) in [6, 6.07) is 10.1. The van der Waals surface area contributed by atoms with Gasteiger partial charge in [0, 0.05) is 28.5 Å². The number of aromatic hydroxyl groups is 1. The summed E-state index contributed by atoms with van der Waals surface area (Å²) in [6.45, 7) is 5.76. The number of fused-ring (bicyclic) bond motifs is 5. The maximum atomic E-state index is 13.0. The molecule has 2 aliphatic heterocycles. The van der Waals surface area contributed by atoms with E-state index in [-0.39, 0.29) is 5.75 Å². The van der Waals surface area contributed by atoms with E-state index in [9.17, 15) is 15.0 Å². The quantitative estimate of drug-likeness (QED) is 0.429. The van der Waals surface area contributed by atoms with Crippen LogP contribution in [-0.2, 0) is 10.3 Å². The molecule has 2 aromatic carbocycles. The second-order valence-corrected chi connectivity index (χ2v) is 7.89. The van der Waals surface area contributed by atoms with Gasteiger partial charge in [0.05, 0.1) is 16.7 Å². The average Bonchev–Trinajstić information content (AvgIpc) is 2.90. The predicted octanol–water partition coefficient (Wildman–Crippen LogP) is 4.73. The molecule has 3 aliphatic rings. The van der Waals surface area contributed by atoms with Gasteiger partial charge in [-0.25, -0.2) is 4.79 Å². The molecule has 0 saturated heterocycles. The highest BCUT2D eigenvalue weighted by atomic mass is 32.1. The van der Waals surface area contributed by atoms with Crippen molar-refractivity contribution in [3.63, 3.8) is 0 Å². The Bertz CT molecular complexity index is 1210. The molecule has 0 fully saturated rings. The van der Waals surface area contributed by atoms with E-state index < -0.39 is 17.7 Å². The topological polar surface area (TPSA) is 88.0 Å². The van der Waals surface area contributed by atoms with Crippen molar-refractivity contribution >= 4 is 28.9 Å². The molecule has 5 rings (SSSR count). The number of hydrogen-bond donors (Lipinski definition) is 3. The van der Waals surface area contributed by atoms with E-state index in [0.29, 0.717) is 44.4 Å². The van der Waals surface area contributed by atoms with Crippen LogP contribution in [0.15, 0.2) is 72.0 Å². The Kier molecular flexibility index (Phi) is 5.62. The zero-order valence-corrected chi connectivity index (χ0v) is 18.7. The monoisotopic (exact) mass is 449 g/mol. The van der Waals surface area contributed by atoms with Gasteiger partial charge in [0.1, 0.15) is 17.3 Å². The molecule has 1 aliphatic carbocycles. The van der Waals surface area contributed by atoms with Crippen LogP contribution in [-0.4, -0.2) is 27.3 Å². The van der Waals surface area contributed by atoms with Crippen LogP contribution in [0.3, 0.4) is 0 Å². The van der Waals surface area contributed by atoms with Crippen molar-refractivity contribution in [1.82, 2.24) is 0 Å². The third kappa shape index (κ3) is 3.39. The zero-order valence-electron chi connectivity index (χ0n) is 17.9. The fraction of sp³-hybridized carbons (Fsp3) is 0.200. The number of rotatable bonds is 1. The summed E-state index contributed by atoms with van der Waals surface area (Å²) in [6.07, 6.45) is 5.73. The van der Waals surface area contributed by atoms with Gasteiger partial charge in [-0.05, 0) is 43.3 Å². The highest BCUT2D eigenvalue weighted by Gasteiger charge is 2.54. The van der Waals surface area contributed by atoms with Crippen LogP contribution in [0.4, 0.5) is 5.69 Å². The van der Waals surface area contributed by atoms with Crippen LogP contribution >= 0.6 is 12.2 Å². The number of thiocarbonyl (C=S) groups is 1. The van der Waals surface area contributed by atoms with Crippen LogP contribution in [0, 0.1) is 0 Å². The first-order valence-electron chi connectivity index (χ1n) is 10.3. The molecule has 164 valence electrons. The molecule has 2 aromatic rings. The van der Waals surface area contributed by atoms with Crippen molar-refractivity contribution in [2.75, 3.05) is 5.32 Å². The summed E-state index contributed by atoms with van der Waals surface area (Å²) in [5.41, 5.74) is 1.66. The lowest BCUT2D eigenvalue weighted by Crippen LogP contribution is -2.34. The molecule has 6 nitrogen and oxygen atoms in total. The van der Waals surface area contributed by atoms with Crippen molar-refractivity contribution in [2.45, 2.75) is 32.5 Å². The van der Waals surface area contributed by atoms with Gasteiger partial charge in [-0.3, -0.25) is 0 Å². The first-order chi connectivity index (χ1) is 15.4. The van der Waals surface area contributed by atoms with E-state index in [4.69, 9.17) is 21.7 Å². The van der Waals surface area contributed by atoms with Crippen LogP contribution in [0.1, 0.15) is 42.3 Å². The lowest BCUT2D eigenvalue weighted by Gasteiger charge is -2.36. The summed E-state index contributed by atoms with van der Waals surface area (Å²) in [5, 5.41) is 23.1. The Morgan fingerprint density at radius 1 is 1.09 bits per heavy atom.